The van der Waals surface area contributed by atoms with E-state index in [2.05, 4.69) is 6.08 Å². The van der Waals surface area contributed by atoms with Gasteiger partial charge in [0.25, 0.3) is 0 Å². The number of halogens is 1. The van der Waals surface area contributed by atoms with E-state index in [1.54, 1.807) is 48.5 Å². The molecule has 5 nitrogen and oxygen atoms in total. The van der Waals surface area contributed by atoms with Crippen molar-refractivity contribution in [2.24, 2.45) is 23.7 Å². The smallest absolute Gasteiger partial charge is 0.238 e. The normalized spacial score (nSPS) is 26.7. The van der Waals surface area contributed by atoms with Gasteiger partial charge in [0.15, 0.2) is 12.4 Å². The quantitative estimate of drug-likeness (QED) is 0.410. The third kappa shape index (κ3) is 2.96. The minimum Gasteiger partial charge on any atom is -0.485 e. The highest BCUT2D eigenvalue weighted by Gasteiger charge is 2.60. The van der Waals surface area contributed by atoms with Gasteiger partial charge in [0, 0.05) is 16.7 Å². The zero-order valence-electron chi connectivity index (χ0n) is 16.4. The van der Waals surface area contributed by atoms with E-state index in [4.69, 9.17) is 16.3 Å². The third-order valence-electron chi connectivity index (χ3n) is 6.49. The van der Waals surface area contributed by atoms with Crippen LogP contribution in [0.25, 0.3) is 0 Å². The van der Waals surface area contributed by atoms with E-state index >= 15 is 0 Å². The molecule has 6 heteroatoms. The average Bonchev–Trinajstić information content (AvgIpc) is 3.37. The highest BCUT2D eigenvalue weighted by molar-refractivity contribution is 6.30. The number of carbonyl (C=O) groups is 3. The second-order valence-electron chi connectivity index (χ2n) is 8.20. The monoisotopic (exact) mass is 421 g/mol. The Kier molecular flexibility index (Phi) is 4.51. The van der Waals surface area contributed by atoms with E-state index in [9.17, 15) is 14.4 Å². The Bertz CT molecular complexity index is 1090. The summed E-state index contributed by atoms with van der Waals surface area (Å²) in [6.07, 6.45) is 3.06. The van der Waals surface area contributed by atoms with Crippen LogP contribution in [0, 0.1) is 23.7 Å². The van der Waals surface area contributed by atoms with E-state index < -0.39 is 0 Å². The summed E-state index contributed by atoms with van der Waals surface area (Å²) in [5, 5.41) is 0.559. The first-order chi connectivity index (χ1) is 14.4. The van der Waals surface area contributed by atoms with Crippen LogP contribution in [0.5, 0.6) is 5.75 Å². The minimum atomic E-state index is -0.248. The van der Waals surface area contributed by atoms with E-state index in [1.807, 2.05) is 6.92 Å². The molecule has 152 valence electrons. The highest BCUT2D eigenvalue weighted by Crippen LogP contribution is 2.55. The largest absolute Gasteiger partial charge is 0.485 e. The molecule has 1 saturated heterocycles. The number of rotatable bonds is 5. The molecule has 0 unspecified atom stereocenters. The fourth-order valence-electron chi connectivity index (χ4n) is 5.11. The maximum absolute atomic E-state index is 13.1. The number of Topliss-reactive ketones (excluding diaryl/α,β-unsaturated/α-hetero) is 1. The van der Waals surface area contributed by atoms with Crippen LogP contribution in [-0.4, -0.2) is 24.2 Å². The lowest BCUT2D eigenvalue weighted by molar-refractivity contribution is -0.123. The fourth-order valence-corrected chi connectivity index (χ4v) is 5.24. The molecule has 1 heterocycles. The van der Waals surface area contributed by atoms with Crippen LogP contribution >= 0.6 is 11.6 Å². The Balaban J connectivity index is 1.32. The van der Waals surface area contributed by atoms with Crippen LogP contribution in [0.2, 0.25) is 5.02 Å². The van der Waals surface area contributed by atoms with Crippen molar-refractivity contribution >= 4 is 34.9 Å². The predicted molar refractivity (Wildman–Crippen MR) is 113 cm³/mol. The molecule has 0 radical (unpaired) electrons. The van der Waals surface area contributed by atoms with Gasteiger partial charge in [-0.2, -0.15) is 0 Å². The van der Waals surface area contributed by atoms with Crippen LogP contribution in [-0.2, 0) is 9.59 Å². The number of hydrogen-bond acceptors (Lipinski definition) is 4. The first-order valence-corrected chi connectivity index (χ1v) is 10.4. The van der Waals surface area contributed by atoms with Crippen molar-refractivity contribution in [3.05, 3.63) is 70.8 Å². The van der Waals surface area contributed by atoms with Crippen LogP contribution < -0.4 is 9.64 Å². The summed E-state index contributed by atoms with van der Waals surface area (Å²) < 4.78 is 5.65. The van der Waals surface area contributed by atoms with Gasteiger partial charge in [-0.25, -0.2) is 4.90 Å². The van der Waals surface area contributed by atoms with Crippen molar-refractivity contribution in [2.45, 2.75) is 13.3 Å². The first-order valence-electron chi connectivity index (χ1n) is 10.0. The molecule has 1 aliphatic heterocycles. The number of anilines is 1. The predicted octanol–water partition coefficient (Wildman–Crippen LogP) is 4.30. The zero-order valence-corrected chi connectivity index (χ0v) is 17.1. The summed E-state index contributed by atoms with van der Waals surface area (Å²) >= 11 is 5.85. The molecule has 2 bridgehead atoms. The molecule has 2 aromatic rings. The molecular formula is C24H20ClNO4. The van der Waals surface area contributed by atoms with E-state index in [-0.39, 0.29) is 47.9 Å². The van der Waals surface area contributed by atoms with E-state index in [0.717, 1.165) is 6.42 Å². The van der Waals surface area contributed by atoms with Crippen molar-refractivity contribution in [1.29, 1.82) is 0 Å². The van der Waals surface area contributed by atoms with Gasteiger partial charge in [-0.1, -0.05) is 29.3 Å². The number of ether oxygens (including phenoxy) is 1. The number of imide groups is 1. The lowest BCUT2D eigenvalue weighted by Crippen LogP contribution is -2.32. The van der Waals surface area contributed by atoms with Crippen molar-refractivity contribution in [3.63, 3.8) is 0 Å². The number of amides is 2. The molecule has 1 saturated carbocycles. The molecule has 0 N–H and O–H groups in total. The molecule has 2 fully saturated rings. The summed E-state index contributed by atoms with van der Waals surface area (Å²) in [5.74, 6) is -0.153. The summed E-state index contributed by atoms with van der Waals surface area (Å²) in [5.41, 5.74) is 2.22. The minimum absolute atomic E-state index is 0.126. The molecule has 30 heavy (non-hydrogen) atoms. The molecular weight excluding hydrogens is 402 g/mol. The number of fused-ring (bicyclic) bond motifs is 5. The molecule has 4 atom stereocenters. The molecule has 0 aromatic heterocycles. The second kappa shape index (κ2) is 7.10. The SMILES string of the molecule is CC1=C[C@H]2C[C@H]1[C@H]1C(=O)N(c3cccc(OCC(=O)c4ccc(Cl)cc4)c3)C(=O)[C@@H]12. The number of allylic oxidation sites excluding steroid dienone is 2. The summed E-state index contributed by atoms with van der Waals surface area (Å²) in [6.45, 7) is 1.90. The van der Waals surface area contributed by atoms with Crippen LogP contribution in [0.3, 0.4) is 0 Å². The highest BCUT2D eigenvalue weighted by atomic mass is 35.5. The maximum atomic E-state index is 13.1. The molecule has 0 spiro atoms. The van der Waals surface area contributed by atoms with Gasteiger partial charge >= 0.3 is 0 Å². The van der Waals surface area contributed by atoms with Gasteiger partial charge in [0.1, 0.15) is 5.75 Å². The standard InChI is InChI=1S/C24H20ClNO4/c1-13-9-15-10-19(13)22-21(15)23(28)26(24(22)29)17-3-2-4-18(11-17)30-12-20(27)14-5-7-16(25)8-6-14/h2-9,11,15,19,21-22H,10,12H2,1H3/t15-,19+,21+,22+/m0/s1. The summed E-state index contributed by atoms with van der Waals surface area (Å²) in [6, 6.07) is 13.4. The van der Waals surface area contributed by atoms with Gasteiger partial charge in [0.05, 0.1) is 17.5 Å². The van der Waals surface area contributed by atoms with Gasteiger partial charge in [-0.3, -0.25) is 14.4 Å². The van der Waals surface area contributed by atoms with Crippen molar-refractivity contribution < 1.29 is 19.1 Å². The Morgan fingerprint density at radius 1 is 1.10 bits per heavy atom. The third-order valence-corrected chi connectivity index (χ3v) is 6.74. The van der Waals surface area contributed by atoms with Crippen molar-refractivity contribution in [1.82, 2.24) is 0 Å². The fraction of sp³-hybridized carbons (Fsp3) is 0.292. The van der Waals surface area contributed by atoms with Gasteiger partial charge < -0.3 is 4.74 Å². The number of ketones is 1. The second-order valence-corrected chi connectivity index (χ2v) is 8.63. The van der Waals surface area contributed by atoms with Crippen LogP contribution in [0.15, 0.2) is 60.2 Å². The summed E-state index contributed by atoms with van der Waals surface area (Å²) in [7, 11) is 0. The van der Waals surface area contributed by atoms with Gasteiger partial charge in [-0.05, 0) is 61.6 Å². The van der Waals surface area contributed by atoms with E-state index in [0.29, 0.717) is 22.0 Å². The first kappa shape index (κ1) is 19.1. The Morgan fingerprint density at radius 2 is 1.83 bits per heavy atom. The number of hydrogen-bond donors (Lipinski definition) is 0. The van der Waals surface area contributed by atoms with Crippen molar-refractivity contribution in [3.8, 4) is 5.75 Å². The molecule has 3 aliphatic rings. The van der Waals surface area contributed by atoms with Crippen LogP contribution in [0.4, 0.5) is 5.69 Å². The maximum Gasteiger partial charge on any atom is 0.238 e. The molecule has 2 amide bonds. The molecule has 2 aromatic carbocycles. The van der Waals surface area contributed by atoms with Crippen LogP contribution in [0.1, 0.15) is 23.7 Å². The van der Waals surface area contributed by atoms with Gasteiger partial charge in [-0.15, -0.1) is 0 Å². The molecule has 2 aliphatic carbocycles. The zero-order chi connectivity index (χ0) is 21.0. The number of carbonyl (C=O) groups excluding carboxylic acids is 3. The lowest BCUT2D eigenvalue weighted by atomic mass is 9.82. The number of benzene rings is 2. The molecule has 5 rings (SSSR count). The summed E-state index contributed by atoms with van der Waals surface area (Å²) in [4.78, 5) is 39.8. The Hall–Kier alpha value is -2.92. The topological polar surface area (TPSA) is 63.7 Å². The van der Waals surface area contributed by atoms with Gasteiger partial charge in [0.2, 0.25) is 11.8 Å². The number of nitrogens with zero attached hydrogens (tertiary/aromatic N) is 1. The Labute approximate surface area is 179 Å². The average molecular weight is 422 g/mol. The lowest BCUT2D eigenvalue weighted by Gasteiger charge is -2.19. The van der Waals surface area contributed by atoms with Crippen molar-refractivity contribution in [2.75, 3.05) is 11.5 Å². The Morgan fingerprint density at radius 3 is 2.60 bits per heavy atom. The van der Waals surface area contributed by atoms with E-state index in [1.165, 1.54) is 10.5 Å².